The van der Waals surface area contributed by atoms with Crippen molar-refractivity contribution in [3.63, 3.8) is 0 Å². The summed E-state index contributed by atoms with van der Waals surface area (Å²) < 4.78 is 0.224. The Labute approximate surface area is 82.4 Å². The molecule has 0 atom stereocenters. The Bertz CT molecular complexity index is 282. The van der Waals surface area contributed by atoms with Crippen molar-refractivity contribution < 1.29 is 0 Å². The molecule has 0 aromatic carbocycles. The minimum Gasteiger partial charge on any atom is -0.368 e. The molecule has 0 saturated carbocycles. The van der Waals surface area contributed by atoms with Gasteiger partial charge in [0.25, 0.3) is 0 Å². The van der Waals surface area contributed by atoms with Crippen molar-refractivity contribution in [2.24, 2.45) is 0 Å². The number of hydrogen-bond acceptors (Lipinski definition) is 5. The van der Waals surface area contributed by atoms with Gasteiger partial charge in [-0.25, -0.2) is 9.97 Å². The van der Waals surface area contributed by atoms with Crippen molar-refractivity contribution in [2.75, 3.05) is 5.73 Å². The molecule has 1 rings (SSSR count). The van der Waals surface area contributed by atoms with E-state index in [2.05, 4.69) is 35.7 Å². The van der Waals surface area contributed by atoms with Gasteiger partial charge in [0.2, 0.25) is 5.95 Å². The van der Waals surface area contributed by atoms with E-state index in [1.54, 1.807) is 11.8 Å². The van der Waals surface area contributed by atoms with E-state index < -0.39 is 0 Å². The van der Waals surface area contributed by atoms with Crippen LogP contribution >= 0.6 is 11.8 Å². The lowest BCUT2D eigenvalue weighted by molar-refractivity contribution is 0.799. The SMILES string of the molecule is CC(C)(C)SCc1ncnc(N)n1. The van der Waals surface area contributed by atoms with Gasteiger partial charge in [-0.3, -0.25) is 0 Å². The van der Waals surface area contributed by atoms with Gasteiger partial charge in [-0.1, -0.05) is 20.8 Å². The first-order valence-electron chi connectivity index (χ1n) is 4.05. The molecule has 72 valence electrons. The molecule has 5 heteroatoms. The average molecular weight is 198 g/mol. The predicted octanol–water partition coefficient (Wildman–Crippen LogP) is 1.49. The maximum Gasteiger partial charge on any atom is 0.223 e. The molecule has 0 aliphatic carbocycles. The Morgan fingerprint density at radius 3 is 2.62 bits per heavy atom. The van der Waals surface area contributed by atoms with Crippen molar-refractivity contribution >= 4 is 17.7 Å². The Balaban J connectivity index is 2.55. The van der Waals surface area contributed by atoms with E-state index >= 15 is 0 Å². The van der Waals surface area contributed by atoms with Gasteiger partial charge in [0.15, 0.2) is 0 Å². The number of aromatic nitrogens is 3. The van der Waals surface area contributed by atoms with Crippen molar-refractivity contribution in [3.8, 4) is 0 Å². The minimum absolute atomic E-state index is 0.224. The largest absolute Gasteiger partial charge is 0.368 e. The van der Waals surface area contributed by atoms with Crippen LogP contribution < -0.4 is 5.73 Å². The third-order valence-corrected chi connectivity index (χ3v) is 2.54. The number of hydrogen-bond donors (Lipinski definition) is 1. The summed E-state index contributed by atoms with van der Waals surface area (Å²) in [6.45, 7) is 6.46. The molecule has 0 bridgehead atoms. The van der Waals surface area contributed by atoms with E-state index in [0.29, 0.717) is 5.95 Å². The second-order valence-electron chi connectivity index (χ2n) is 3.66. The maximum atomic E-state index is 5.43. The molecule has 1 aromatic rings. The predicted molar refractivity (Wildman–Crippen MR) is 55.3 cm³/mol. The van der Waals surface area contributed by atoms with Crippen LogP contribution in [0.5, 0.6) is 0 Å². The zero-order valence-electron chi connectivity index (χ0n) is 8.11. The van der Waals surface area contributed by atoms with Gasteiger partial charge in [-0.2, -0.15) is 4.98 Å². The molecule has 4 nitrogen and oxygen atoms in total. The Kier molecular flexibility index (Phi) is 3.08. The average Bonchev–Trinajstić information content (AvgIpc) is 2.00. The van der Waals surface area contributed by atoms with Gasteiger partial charge >= 0.3 is 0 Å². The normalized spacial score (nSPS) is 11.6. The summed E-state index contributed by atoms with van der Waals surface area (Å²) in [7, 11) is 0. The Hall–Kier alpha value is -0.840. The molecule has 0 aliphatic heterocycles. The van der Waals surface area contributed by atoms with Gasteiger partial charge in [0.1, 0.15) is 12.2 Å². The molecule has 0 radical (unpaired) electrons. The summed E-state index contributed by atoms with van der Waals surface area (Å²) in [6, 6.07) is 0. The van der Waals surface area contributed by atoms with Gasteiger partial charge in [0.05, 0.1) is 5.75 Å². The number of nitrogens with two attached hydrogens (primary N) is 1. The fourth-order valence-electron chi connectivity index (χ4n) is 0.695. The minimum atomic E-state index is 0.224. The molecule has 1 heterocycles. The molecule has 0 aliphatic rings. The smallest absolute Gasteiger partial charge is 0.223 e. The lowest BCUT2D eigenvalue weighted by atomic mass is 10.3. The zero-order chi connectivity index (χ0) is 9.90. The Morgan fingerprint density at radius 2 is 2.08 bits per heavy atom. The molecule has 0 amide bonds. The fourth-order valence-corrected chi connectivity index (χ4v) is 1.40. The fraction of sp³-hybridized carbons (Fsp3) is 0.625. The third-order valence-electron chi connectivity index (χ3n) is 1.27. The molecule has 13 heavy (non-hydrogen) atoms. The topological polar surface area (TPSA) is 64.7 Å². The van der Waals surface area contributed by atoms with Crippen molar-refractivity contribution in [3.05, 3.63) is 12.2 Å². The quantitative estimate of drug-likeness (QED) is 0.780. The number of anilines is 1. The molecule has 1 aromatic heterocycles. The highest BCUT2D eigenvalue weighted by molar-refractivity contribution is 7.99. The zero-order valence-corrected chi connectivity index (χ0v) is 8.93. The van der Waals surface area contributed by atoms with Crippen molar-refractivity contribution in [1.82, 2.24) is 15.0 Å². The van der Waals surface area contributed by atoms with Gasteiger partial charge in [-0.05, 0) is 0 Å². The van der Waals surface area contributed by atoms with E-state index in [4.69, 9.17) is 5.73 Å². The Morgan fingerprint density at radius 1 is 1.38 bits per heavy atom. The highest BCUT2D eigenvalue weighted by atomic mass is 32.2. The van der Waals surface area contributed by atoms with Crippen LogP contribution in [0.3, 0.4) is 0 Å². The molecule has 0 unspecified atom stereocenters. The highest BCUT2D eigenvalue weighted by Gasteiger charge is 2.11. The number of nitrogens with zero attached hydrogens (tertiary/aromatic N) is 3. The maximum absolute atomic E-state index is 5.43. The third kappa shape index (κ3) is 4.07. The van der Waals surface area contributed by atoms with Crippen LogP contribution in [-0.2, 0) is 5.75 Å². The summed E-state index contributed by atoms with van der Waals surface area (Å²) in [5, 5.41) is 0. The van der Waals surface area contributed by atoms with Gasteiger partial charge < -0.3 is 5.73 Å². The van der Waals surface area contributed by atoms with E-state index in [0.717, 1.165) is 11.6 Å². The molecular formula is C8H14N4S. The van der Waals surface area contributed by atoms with Crippen LogP contribution in [-0.4, -0.2) is 19.7 Å². The second kappa shape index (κ2) is 3.91. The van der Waals surface area contributed by atoms with Crippen LogP contribution in [0.1, 0.15) is 26.6 Å². The van der Waals surface area contributed by atoms with Crippen LogP contribution in [0, 0.1) is 0 Å². The van der Waals surface area contributed by atoms with E-state index in [-0.39, 0.29) is 4.75 Å². The van der Waals surface area contributed by atoms with E-state index in [1.165, 1.54) is 6.33 Å². The summed E-state index contributed by atoms with van der Waals surface area (Å²) >= 11 is 1.79. The van der Waals surface area contributed by atoms with Gasteiger partial charge in [0, 0.05) is 4.75 Å². The standard InChI is InChI=1S/C8H14N4S/c1-8(2,3)13-4-6-10-5-11-7(9)12-6/h5H,4H2,1-3H3,(H2,9,10,11,12). The summed E-state index contributed by atoms with van der Waals surface area (Å²) in [6.07, 6.45) is 1.45. The number of rotatable bonds is 2. The van der Waals surface area contributed by atoms with Gasteiger partial charge in [-0.15, -0.1) is 11.8 Å². The highest BCUT2D eigenvalue weighted by Crippen LogP contribution is 2.25. The van der Waals surface area contributed by atoms with Crippen LogP contribution in [0.15, 0.2) is 6.33 Å². The molecular weight excluding hydrogens is 184 g/mol. The molecule has 2 N–H and O–H groups in total. The second-order valence-corrected chi connectivity index (χ2v) is 5.46. The lowest BCUT2D eigenvalue weighted by Crippen LogP contribution is -2.09. The van der Waals surface area contributed by atoms with Crippen molar-refractivity contribution in [2.45, 2.75) is 31.3 Å². The van der Waals surface area contributed by atoms with Crippen molar-refractivity contribution in [1.29, 1.82) is 0 Å². The van der Waals surface area contributed by atoms with Crippen LogP contribution in [0.25, 0.3) is 0 Å². The van der Waals surface area contributed by atoms with E-state index in [9.17, 15) is 0 Å². The monoisotopic (exact) mass is 198 g/mol. The van der Waals surface area contributed by atoms with E-state index in [1.807, 2.05) is 0 Å². The van der Waals surface area contributed by atoms with Crippen LogP contribution in [0.4, 0.5) is 5.95 Å². The summed E-state index contributed by atoms with van der Waals surface area (Å²) in [4.78, 5) is 11.8. The summed E-state index contributed by atoms with van der Waals surface area (Å²) in [5.41, 5.74) is 5.43. The first kappa shape index (κ1) is 10.2. The number of thioether (sulfide) groups is 1. The number of nitrogen functional groups attached to an aromatic ring is 1. The molecule has 0 spiro atoms. The molecule has 0 fully saturated rings. The summed E-state index contributed by atoms with van der Waals surface area (Å²) in [5.74, 6) is 1.81. The first-order chi connectivity index (χ1) is 5.97. The first-order valence-corrected chi connectivity index (χ1v) is 5.03. The lowest BCUT2D eigenvalue weighted by Gasteiger charge is -2.16. The molecule has 0 saturated heterocycles. The van der Waals surface area contributed by atoms with Crippen LogP contribution in [0.2, 0.25) is 0 Å².